The van der Waals surface area contributed by atoms with Gasteiger partial charge in [0.15, 0.2) is 0 Å². The Morgan fingerprint density at radius 3 is 2.74 bits per heavy atom. The molecule has 1 aromatic carbocycles. The zero-order chi connectivity index (χ0) is 15.6. The van der Waals surface area contributed by atoms with E-state index >= 15 is 0 Å². The number of pyridine rings is 1. The van der Waals surface area contributed by atoms with Crippen LogP contribution in [0.1, 0.15) is 22.7 Å². The number of hydrogen-bond acceptors (Lipinski definition) is 3. The predicted octanol–water partition coefficient (Wildman–Crippen LogP) is 3.14. The number of nitrogens with zero attached hydrogens (tertiary/aromatic N) is 3. The van der Waals surface area contributed by atoms with Gasteiger partial charge in [-0.2, -0.15) is 0 Å². The Hall–Kier alpha value is -2.95. The number of carbonyl (C=O) groups excluding carboxylic acids is 1. The molecule has 1 aliphatic rings. The minimum Gasteiger partial charge on any atom is -0.328 e. The van der Waals surface area contributed by atoms with Gasteiger partial charge < -0.3 is 9.88 Å². The number of hydrogen-bond donors (Lipinski definition) is 1. The van der Waals surface area contributed by atoms with Crippen LogP contribution >= 0.6 is 0 Å². The standard InChI is InChI=1S/C18H16N4O/c23-18(15-4-1-2-10-19-15)21-14-8-6-13(7-9-14)16-12-20-17-5-3-11-22(16)17/h1-2,4,6-10,12H,3,5,11H2,(H,21,23). The van der Waals surface area contributed by atoms with Crippen LogP contribution < -0.4 is 5.32 Å². The molecule has 0 unspecified atom stereocenters. The van der Waals surface area contributed by atoms with Crippen molar-refractivity contribution >= 4 is 11.6 Å². The number of imidazole rings is 1. The van der Waals surface area contributed by atoms with Gasteiger partial charge in [0.2, 0.25) is 0 Å². The molecule has 4 rings (SSSR count). The number of fused-ring (bicyclic) bond motifs is 1. The lowest BCUT2D eigenvalue weighted by Crippen LogP contribution is -2.13. The molecule has 3 heterocycles. The number of aromatic nitrogens is 3. The first-order chi connectivity index (χ1) is 11.3. The maximum Gasteiger partial charge on any atom is 0.274 e. The number of benzene rings is 1. The summed E-state index contributed by atoms with van der Waals surface area (Å²) in [6, 6.07) is 13.1. The lowest BCUT2D eigenvalue weighted by molar-refractivity contribution is 0.102. The number of anilines is 1. The summed E-state index contributed by atoms with van der Waals surface area (Å²) in [4.78, 5) is 20.6. The highest BCUT2D eigenvalue weighted by Gasteiger charge is 2.16. The summed E-state index contributed by atoms with van der Waals surface area (Å²) in [5, 5.41) is 2.86. The molecule has 0 atom stereocenters. The molecule has 1 N–H and O–H groups in total. The SMILES string of the molecule is O=C(Nc1ccc(-c2cnc3n2CCC3)cc1)c1ccccn1. The Kier molecular flexibility index (Phi) is 3.38. The van der Waals surface area contributed by atoms with E-state index in [4.69, 9.17) is 0 Å². The molecular formula is C18H16N4O. The van der Waals surface area contributed by atoms with E-state index in [9.17, 15) is 4.79 Å². The molecule has 1 aliphatic heterocycles. The molecule has 1 amide bonds. The van der Waals surface area contributed by atoms with Crippen LogP contribution in [0, 0.1) is 0 Å². The second-order valence-corrected chi connectivity index (χ2v) is 5.56. The largest absolute Gasteiger partial charge is 0.328 e. The summed E-state index contributed by atoms with van der Waals surface area (Å²) < 4.78 is 2.27. The van der Waals surface area contributed by atoms with Crippen LogP contribution in [0.3, 0.4) is 0 Å². The summed E-state index contributed by atoms with van der Waals surface area (Å²) in [5.41, 5.74) is 3.41. The smallest absolute Gasteiger partial charge is 0.274 e. The lowest BCUT2D eigenvalue weighted by Gasteiger charge is -2.08. The van der Waals surface area contributed by atoms with Gasteiger partial charge in [-0.3, -0.25) is 9.78 Å². The zero-order valence-corrected chi connectivity index (χ0v) is 12.6. The Morgan fingerprint density at radius 1 is 1.09 bits per heavy atom. The maximum atomic E-state index is 12.1. The van der Waals surface area contributed by atoms with Crippen LogP contribution in [0.15, 0.2) is 54.9 Å². The highest BCUT2D eigenvalue weighted by molar-refractivity contribution is 6.02. The normalized spacial score (nSPS) is 12.9. The lowest BCUT2D eigenvalue weighted by atomic mass is 10.1. The first kappa shape index (κ1) is 13.7. The fraction of sp³-hybridized carbons (Fsp3) is 0.167. The molecule has 0 spiro atoms. The van der Waals surface area contributed by atoms with Crippen LogP contribution in [0.25, 0.3) is 11.3 Å². The Morgan fingerprint density at radius 2 is 1.96 bits per heavy atom. The summed E-state index contributed by atoms with van der Waals surface area (Å²) in [7, 11) is 0. The predicted molar refractivity (Wildman–Crippen MR) is 88.2 cm³/mol. The van der Waals surface area contributed by atoms with Crippen molar-refractivity contribution in [2.45, 2.75) is 19.4 Å². The molecule has 0 saturated carbocycles. The van der Waals surface area contributed by atoms with E-state index in [1.165, 1.54) is 0 Å². The molecule has 3 aromatic rings. The van der Waals surface area contributed by atoms with Crippen molar-refractivity contribution < 1.29 is 4.79 Å². The Balaban J connectivity index is 1.53. The summed E-state index contributed by atoms with van der Waals surface area (Å²) >= 11 is 0. The monoisotopic (exact) mass is 304 g/mol. The van der Waals surface area contributed by atoms with E-state index in [-0.39, 0.29) is 5.91 Å². The van der Waals surface area contributed by atoms with E-state index in [1.54, 1.807) is 24.4 Å². The maximum absolute atomic E-state index is 12.1. The second-order valence-electron chi connectivity index (χ2n) is 5.56. The average Bonchev–Trinajstić information content (AvgIpc) is 3.20. The first-order valence-corrected chi connectivity index (χ1v) is 7.68. The van der Waals surface area contributed by atoms with Gasteiger partial charge in [-0.05, 0) is 36.2 Å². The van der Waals surface area contributed by atoms with E-state index < -0.39 is 0 Å². The van der Waals surface area contributed by atoms with Gasteiger partial charge in [0.25, 0.3) is 5.91 Å². The third-order valence-electron chi connectivity index (χ3n) is 4.06. The van der Waals surface area contributed by atoms with Crippen molar-refractivity contribution in [2.24, 2.45) is 0 Å². The minimum atomic E-state index is -0.205. The molecule has 0 saturated heterocycles. The number of rotatable bonds is 3. The molecule has 0 bridgehead atoms. The molecule has 0 aliphatic carbocycles. The third kappa shape index (κ3) is 2.61. The first-order valence-electron chi connectivity index (χ1n) is 7.68. The Bertz CT molecular complexity index is 837. The fourth-order valence-electron chi connectivity index (χ4n) is 2.91. The van der Waals surface area contributed by atoms with Crippen LogP contribution in [-0.4, -0.2) is 20.4 Å². The summed E-state index contributed by atoms with van der Waals surface area (Å²) in [6.07, 6.45) is 5.75. The summed E-state index contributed by atoms with van der Waals surface area (Å²) in [6.45, 7) is 1.03. The quantitative estimate of drug-likeness (QED) is 0.808. The third-order valence-corrected chi connectivity index (χ3v) is 4.06. The van der Waals surface area contributed by atoms with Crippen molar-refractivity contribution in [3.63, 3.8) is 0 Å². The average molecular weight is 304 g/mol. The van der Waals surface area contributed by atoms with Crippen molar-refractivity contribution in [3.05, 3.63) is 66.4 Å². The molecule has 5 heteroatoms. The topological polar surface area (TPSA) is 59.8 Å². The zero-order valence-electron chi connectivity index (χ0n) is 12.6. The fourth-order valence-corrected chi connectivity index (χ4v) is 2.91. The van der Waals surface area contributed by atoms with Crippen molar-refractivity contribution in [1.29, 1.82) is 0 Å². The molecule has 2 aromatic heterocycles. The number of amides is 1. The van der Waals surface area contributed by atoms with Gasteiger partial charge >= 0.3 is 0 Å². The van der Waals surface area contributed by atoms with Crippen molar-refractivity contribution in [2.75, 3.05) is 5.32 Å². The van der Waals surface area contributed by atoms with Crippen LogP contribution in [0.5, 0.6) is 0 Å². The van der Waals surface area contributed by atoms with Crippen molar-refractivity contribution in [3.8, 4) is 11.3 Å². The molecule has 5 nitrogen and oxygen atoms in total. The molecule has 114 valence electrons. The van der Waals surface area contributed by atoms with Gasteiger partial charge in [-0.25, -0.2) is 4.98 Å². The molecule has 23 heavy (non-hydrogen) atoms. The molecule has 0 fully saturated rings. The molecular weight excluding hydrogens is 288 g/mol. The van der Waals surface area contributed by atoms with Gasteiger partial charge in [0.05, 0.1) is 11.9 Å². The van der Waals surface area contributed by atoms with Crippen LogP contribution in [0.4, 0.5) is 5.69 Å². The Labute approximate surface area is 134 Å². The molecule has 0 radical (unpaired) electrons. The van der Waals surface area contributed by atoms with E-state index in [0.717, 1.165) is 42.2 Å². The van der Waals surface area contributed by atoms with Gasteiger partial charge in [-0.1, -0.05) is 18.2 Å². The highest BCUT2D eigenvalue weighted by atomic mass is 16.1. The van der Waals surface area contributed by atoms with E-state index in [1.807, 2.05) is 30.5 Å². The van der Waals surface area contributed by atoms with Gasteiger partial charge in [0, 0.05) is 24.8 Å². The number of carbonyl (C=O) groups is 1. The minimum absolute atomic E-state index is 0.205. The summed E-state index contributed by atoms with van der Waals surface area (Å²) in [5.74, 6) is 0.955. The van der Waals surface area contributed by atoms with Crippen LogP contribution in [-0.2, 0) is 13.0 Å². The van der Waals surface area contributed by atoms with Crippen LogP contribution in [0.2, 0.25) is 0 Å². The second kappa shape index (κ2) is 5.68. The van der Waals surface area contributed by atoms with Crippen molar-refractivity contribution in [1.82, 2.24) is 14.5 Å². The van der Waals surface area contributed by atoms with E-state index in [0.29, 0.717) is 5.69 Å². The number of aryl methyl sites for hydroxylation is 1. The van der Waals surface area contributed by atoms with Gasteiger partial charge in [-0.15, -0.1) is 0 Å². The number of nitrogens with one attached hydrogen (secondary N) is 1. The highest BCUT2D eigenvalue weighted by Crippen LogP contribution is 2.26. The van der Waals surface area contributed by atoms with Gasteiger partial charge in [0.1, 0.15) is 11.5 Å². The van der Waals surface area contributed by atoms with E-state index in [2.05, 4.69) is 19.9 Å².